The van der Waals surface area contributed by atoms with Crippen molar-refractivity contribution < 1.29 is 9.53 Å². The van der Waals surface area contributed by atoms with Gasteiger partial charge >= 0.3 is 0 Å². The molecule has 186 valence electrons. The Morgan fingerprint density at radius 3 is 2.56 bits per heavy atom. The number of aryl methyl sites for hydroxylation is 2. The maximum absolute atomic E-state index is 12.8. The van der Waals surface area contributed by atoms with Gasteiger partial charge in [0.2, 0.25) is 5.91 Å². The summed E-state index contributed by atoms with van der Waals surface area (Å²) in [7, 11) is 7.32. The van der Waals surface area contributed by atoms with Crippen LogP contribution in [0.15, 0.2) is 54.9 Å². The largest absolute Gasteiger partial charge is 0.496 e. The fourth-order valence-electron chi connectivity index (χ4n) is 4.01. The first-order chi connectivity index (χ1) is 17.2. The van der Waals surface area contributed by atoms with Crippen molar-refractivity contribution in [3.05, 3.63) is 66.0 Å². The highest BCUT2D eigenvalue weighted by Gasteiger charge is 2.20. The van der Waals surface area contributed by atoms with Crippen molar-refractivity contribution in [1.82, 2.24) is 24.6 Å². The number of carbonyl (C=O) groups excluding carboxylic acids is 1. The summed E-state index contributed by atoms with van der Waals surface area (Å²) in [5.41, 5.74) is 11.9. The number of fused-ring (bicyclic) bond motifs is 1. The molecule has 0 fully saturated rings. The Morgan fingerprint density at radius 1 is 1.08 bits per heavy atom. The Hall–Kier alpha value is -4.24. The number of carbonyl (C=O) groups is 1. The molecule has 0 bridgehead atoms. The number of hydrogen-bond donors (Lipinski definition) is 1. The van der Waals surface area contributed by atoms with E-state index in [1.807, 2.05) is 75.3 Å². The minimum absolute atomic E-state index is 0.110. The predicted octanol–water partition coefficient (Wildman–Crippen LogP) is 3.77. The lowest BCUT2D eigenvalue weighted by atomic mass is 10.1. The van der Waals surface area contributed by atoms with Gasteiger partial charge < -0.3 is 20.3 Å². The number of nitrogens with zero attached hydrogens (tertiary/aromatic N) is 6. The fraction of sp³-hybridized carbons (Fsp3) is 0.259. The summed E-state index contributed by atoms with van der Waals surface area (Å²) in [5, 5.41) is 5.55. The normalized spacial score (nSPS) is 11.5. The van der Waals surface area contributed by atoms with E-state index in [0.29, 0.717) is 29.1 Å². The Balaban J connectivity index is 1.82. The average Bonchev–Trinajstić information content (AvgIpc) is 3.25. The Labute approximate surface area is 210 Å². The van der Waals surface area contributed by atoms with Crippen molar-refractivity contribution in [1.29, 1.82) is 0 Å². The SMILES string of the molecule is COc1cc(-c2nn(-c3ccc(C)c(N(C)C(=O)/C=C/CN(C)C)c3)c3ncnc(N)c23)ccc1C. The number of benzene rings is 2. The molecule has 36 heavy (non-hydrogen) atoms. The van der Waals surface area contributed by atoms with E-state index in [4.69, 9.17) is 15.6 Å². The highest BCUT2D eigenvalue weighted by molar-refractivity contribution is 6.02. The zero-order chi connectivity index (χ0) is 26.0. The Morgan fingerprint density at radius 2 is 1.83 bits per heavy atom. The molecular weight excluding hydrogens is 454 g/mol. The molecule has 9 nitrogen and oxygen atoms in total. The van der Waals surface area contributed by atoms with Crippen molar-refractivity contribution in [3.8, 4) is 22.7 Å². The molecule has 0 atom stereocenters. The van der Waals surface area contributed by atoms with E-state index in [0.717, 1.165) is 33.8 Å². The zero-order valence-electron chi connectivity index (χ0n) is 21.5. The smallest absolute Gasteiger partial charge is 0.250 e. The number of rotatable bonds is 7. The number of ether oxygens (including phenoxy) is 1. The van der Waals surface area contributed by atoms with Crippen LogP contribution >= 0.6 is 0 Å². The lowest BCUT2D eigenvalue weighted by molar-refractivity contribution is -0.113. The third kappa shape index (κ3) is 4.78. The van der Waals surface area contributed by atoms with Crippen LogP contribution < -0.4 is 15.4 Å². The number of amides is 1. The van der Waals surface area contributed by atoms with Gasteiger partial charge in [-0.3, -0.25) is 4.79 Å². The number of hydrogen-bond acceptors (Lipinski definition) is 7. The second kappa shape index (κ2) is 10.2. The molecule has 0 aliphatic rings. The predicted molar refractivity (Wildman–Crippen MR) is 144 cm³/mol. The summed E-state index contributed by atoms with van der Waals surface area (Å²) in [6, 6.07) is 11.7. The molecule has 4 aromatic rings. The molecule has 0 saturated carbocycles. The van der Waals surface area contributed by atoms with Gasteiger partial charge in [-0.05, 0) is 57.3 Å². The molecule has 2 aromatic carbocycles. The van der Waals surface area contributed by atoms with E-state index in [1.165, 1.54) is 6.33 Å². The first-order valence-electron chi connectivity index (χ1n) is 11.6. The van der Waals surface area contributed by atoms with E-state index in [1.54, 1.807) is 29.8 Å². The number of methoxy groups -OCH3 is 1. The molecule has 0 aliphatic heterocycles. The van der Waals surface area contributed by atoms with Crippen LogP contribution in [0.1, 0.15) is 11.1 Å². The van der Waals surface area contributed by atoms with Crippen LogP contribution in [-0.4, -0.2) is 65.4 Å². The molecule has 2 aromatic heterocycles. The first-order valence-corrected chi connectivity index (χ1v) is 11.6. The molecule has 0 unspecified atom stereocenters. The van der Waals surface area contributed by atoms with Crippen LogP contribution in [0.3, 0.4) is 0 Å². The van der Waals surface area contributed by atoms with Crippen molar-refractivity contribution in [2.24, 2.45) is 0 Å². The molecule has 2 heterocycles. The summed E-state index contributed by atoms with van der Waals surface area (Å²) in [6.07, 6.45) is 4.86. The van der Waals surface area contributed by atoms with Crippen LogP contribution in [0.5, 0.6) is 5.75 Å². The van der Waals surface area contributed by atoms with E-state index >= 15 is 0 Å². The topological polar surface area (TPSA) is 102 Å². The van der Waals surface area contributed by atoms with Gasteiger partial charge in [-0.2, -0.15) is 5.10 Å². The van der Waals surface area contributed by atoms with Crippen molar-refractivity contribution >= 4 is 28.4 Å². The average molecular weight is 486 g/mol. The highest BCUT2D eigenvalue weighted by Crippen LogP contribution is 2.35. The van der Waals surface area contributed by atoms with Gasteiger partial charge in [0.15, 0.2) is 5.65 Å². The van der Waals surface area contributed by atoms with E-state index < -0.39 is 0 Å². The molecule has 9 heteroatoms. The lowest BCUT2D eigenvalue weighted by Crippen LogP contribution is -2.25. The summed E-state index contributed by atoms with van der Waals surface area (Å²) < 4.78 is 7.25. The number of nitrogens with two attached hydrogens (primary N) is 1. The summed E-state index contributed by atoms with van der Waals surface area (Å²) >= 11 is 0. The number of nitrogen functional groups attached to an aromatic ring is 1. The summed E-state index contributed by atoms with van der Waals surface area (Å²) in [6.45, 7) is 4.64. The molecular formula is C27H31N7O2. The fourth-order valence-corrected chi connectivity index (χ4v) is 4.01. The number of anilines is 2. The van der Waals surface area contributed by atoms with Gasteiger partial charge in [0.05, 0.1) is 18.2 Å². The maximum atomic E-state index is 12.8. The maximum Gasteiger partial charge on any atom is 0.250 e. The third-order valence-electron chi connectivity index (χ3n) is 6.04. The molecule has 0 radical (unpaired) electrons. The van der Waals surface area contributed by atoms with Crippen molar-refractivity contribution in [2.75, 3.05) is 45.4 Å². The van der Waals surface area contributed by atoms with Crippen LogP contribution in [-0.2, 0) is 4.79 Å². The van der Waals surface area contributed by atoms with Gasteiger partial charge in [-0.15, -0.1) is 0 Å². The van der Waals surface area contributed by atoms with Gasteiger partial charge in [-0.25, -0.2) is 14.6 Å². The first kappa shape index (κ1) is 24.9. The summed E-state index contributed by atoms with van der Waals surface area (Å²) in [5.74, 6) is 0.985. The van der Waals surface area contributed by atoms with Crippen LogP contribution in [0, 0.1) is 13.8 Å². The van der Waals surface area contributed by atoms with Crippen molar-refractivity contribution in [2.45, 2.75) is 13.8 Å². The Bertz CT molecular complexity index is 1460. The third-order valence-corrected chi connectivity index (χ3v) is 6.04. The summed E-state index contributed by atoms with van der Waals surface area (Å²) in [4.78, 5) is 25.1. The monoisotopic (exact) mass is 485 g/mol. The van der Waals surface area contributed by atoms with E-state index in [2.05, 4.69) is 9.97 Å². The molecule has 0 saturated heterocycles. The zero-order valence-corrected chi connectivity index (χ0v) is 21.5. The van der Waals surface area contributed by atoms with E-state index in [9.17, 15) is 4.79 Å². The van der Waals surface area contributed by atoms with Crippen LogP contribution in [0.2, 0.25) is 0 Å². The highest BCUT2D eigenvalue weighted by atomic mass is 16.5. The molecule has 0 aliphatic carbocycles. The molecule has 2 N–H and O–H groups in total. The minimum atomic E-state index is -0.110. The van der Waals surface area contributed by atoms with Gasteiger partial charge in [0, 0.05) is 30.9 Å². The van der Waals surface area contributed by atoms with Crippen molar-refractivity contribution in [3.63, 3.8) is 0 Å². The van der Waals surface area contributed by atoms with Gasteiger partial charge in [0.25, 0.3) is 0 Å². The lowest BCUT2D eigenvalue weighted by Gasteiger charge is -2.19. The number of aromatic nitrogens is 4. The molecule has 1 amide bonds. The second-order valence-corrected chi connectivity index (χ2v) is 8.93. The van der Waals surface area contributed by atoms with Crippen LogP contribution in [0.4, 0.5) is 11.5 Å². The Kier molecular flexibility index (Phi) is 7.03. The molecule has 0 spiro atoms. The van der Waals surface area contributed by atoms with Gasteiger partial charge in [0.1, 0.15) is 23.6 Å². The molecule has 4 rings (SSSR count). The van der Waals surface area contributed by atoms with E-state index in [-0.39, 0.29) is 5.91 Å². The van der Waals surface area contributed by atoms with Gasteiger partial charge in [-0.1, -0.05) is 24.3 Å². The standard InChI is InChI=1S/C27H31N7O2/c1-17-10-12-20(15-21(17)33(5)23(35)8-7-13-32(3)4)34-27-24(26(28)29-16-30-27)25(31-34)19-11-9-18(2)22(14-19)36-6/h7-12,14-16H,13H2,1-6H3,(H2,28,29,30)/b8-7+. The number of likely N-dealkylation sites (N-methyl/N-ethyl adjacent to an activating group) is 2. The minimum Gasteiger partial charge on any atom is -0.496 e. The van der Waals surface area contributed by atoms with Crippen LogP contribution in [0.25, 0.3) is 28.0 Å². The second-order valence-electron chi connectivity index (χ2n) is 8.93. The quantitative estimate of drug-likeness (QED) is 0.398.